The number of rotatable bonds is 2. The molecule has 1 saturated heterocycles. The van der Waals surface area contributed by atoms with E-state index >= 15 is 0 Å². The molecule has 1 atom stereocenters. The molecule has 7 nitrogen and oxygen atoms in total. The van der Waals surface area contributed by atoms with E-state index in [1.165, 1.54) is 16.9 Å². The van der Waals surface area contributed by atoms with Gasteiger partial charge in [-0.15, -0.1) is 11.6 Å². The summed E-state index contributed by atoms with van der Waals surface area (Å²) in [4.78, 5) is 38.4. The number of nitrogens with zero attached hydrogens (tertiary/aromatic N) is 2. The summed E-state index contributed by atoms with van der Waals surface area (Å²) in [6, 6.07) is -0.884. The molecule has 1 rings (SSSR count). The molecule has 0 bridgehead atoms. The van der Waals surface area contributed by atoms with E-state index in [0.29, 0.717) is 6.54 Å². The fraction of sp³-hybridized carbons (Fsp3) is 0.769. The zero-order chi connectivity index (χ0) is 16.2. The lowest BCUT2D eigenvalue weighted by molar-refractivity contribution is -0.151. The second-order valence-electron chi connectivity index (χ2n) is 5.69. The third-order valence-corrected chi connectivity index (χ3v) is 3.18. The van der Waals surface area contributed by atoms with Crippen molar-refractivity contribution >= 4 is 29.6 Å². The predicted molar refractivity (Wildman–Crippen MR) is 76.0 cm³/mol. The highest BCUT2D eigenvalue weighted by atomic mass is 35.5. The quantitative estimate of drug-likeness (QED) is 0.557. The number of carbonyl (C=O) groups is 3. The van der Waals surface area contributed by atoms with Gasteiger partial charge in [0.05, 0.1) is 13.7 Å². The number of piperazine rings is 1. The first-order valence-electron chi connectivity index (χ1n) is 6.60. The zero-order valence-corrected chi connectivity index (χ0v) is 13.5. The number of esters is 1. The molecule has 0 saturated carbocycles. The molecule has 0 radical (unpaired) electrons. The van der Waals surface area contributed by atoms with Crippen LogP contribution in [0.1, 0.15) is 20.8 Å². The van der Waals surface area contributed by atoms with E-state index in [1.807, 2.05) is 0 Å². The van der Waals surface area contributed by atoms with Gasteiger partial charge in [-0.1, -0.05) is 0 Å². The Hall–Kier alpha value is -1.50. The van der Waals surface area contributed by atoms with Crippen LogP contribution in [0.4, 0.5) is 4.79 Å². The number of alkyl halides is 1. The van der Waals surface area contributed by atoms with Crippen molar-refractivity contribution in [2.75, 3.05) is 32.6 Å². The highest BCUT2D eigenvalue weighted by molar-refractivity contribution is 6.27. The lowest BCUT2D eigenvalue weighted by Crippen LogP contribution is -2.60. The Morgan fingerprint density at radius 1 is 1.24 bits per heavy atom. The number of hydrogen-bond acceptors (Lipinski definition) is 5. The number of halogens is 1. The van der Waals surface area contributed by atoms with Crippen molar-refractivity contribution in [2.45, 2.75) is 32.4 Å². The molecule has 1 heterocycles. The van der Waals surface area contributed by atoms with Crippen LogP contribution in [0.5, 0.6) is 0 Å². The van der Waals surface area contributed by atoms with Crippen LogP contribution >= 0.6 is 11.6 Å². The predicted octanol–water partition coefficient (Wildman–Crippen LogP) is 0.846. The van der Waals surface area contributed by atoms with Crippen molar-refractivity contribution in [3.8, 4) is 0 Å². The van der Waals surface area contributed by atoms with Gasteiger partial charge < -0.3 is 14.4 Å². The Labute approximate surface area is 129 Å². The topological polar surface area (TPSA) is 76.2 Å². The van der Waals surface area contributed by atoms with Gasteiger partial charge in [0.15, 0.2) is 6.04 Å². The first-order valence-corrected chi connectivity index (χ1v) is 7.14. The van der Waals surface area contributed by atoms with Crippen molar-refractivity contribution in [2.24, 2.45) is 0 Å². The Balaban J connectivity index is 2.86. The Bertz CT molecular complexity index is 421. The molecule has 1 fully saturated rings. The third kappa shape index (κ3) is 4.77. The Morgan fingerprint density at radius 2 is 1.86 bits per heavy atom. The summed E-state index contributed by atoms with van der Waals surface area (Å²) in [6.07, 6.45) is -0.601. The molecule has 120 valence electrons. The minimum atomic E-state index is -0.884. The van der Waals surface area contributed by atoms with E-state index in [2.05, 4.69) is 0 Å². The van der Waals surface area contributed by atoms with Crippen molar-refractivity contribution in [3.05, 3.63) is 0 Å². The molecule has 21 heavy (non-hydrogen) atoms. The van der Waals surface area contributed by atoms with Crippen LogP contribution in [-0.4, -0.2) is 72.0 Å². The van der Waals surface area contributed by atoms with Crippen LogP contribution in [0.25, 0.3) is 0 Å². The van der Waals surface area contributed by atoms with E-state index < -0.39 is 23.7 Å². The van der Waals surface area contributed by atoms with Gasteiger partial charge in [-0.2, -0.15) is 0 Å². The minimum absolute atomic E-state index is 0.0530. The number of methoxy groups -OCH3 is 1. The minimum Gasteiger partial charge on any atom is -0.467 e. The van der Waals surface area contributed by atoms with Gasteiger partial charge in [0.1, 0.15) is 11.5 Å². The van der Waals surface area contributed by atoms with Gasteiger partial charge in [0.2, 0.25) is 5.91 Å². The van der Waals surface area contributed by atoms with E-state index in [4.69, 9.17) is 21.1 Å². The molecule has 8 heteroatoms. The molecule has 2 amide bonds. The monoisotopic (exact) mass is 320 g/mol. The summed E-state index contributed by atoms with van der Waals surface area (Å²) in [7, 11) is 1.23. The highest BCUT2D eigenvalue weighted by Gasteiger charge is 2.39. The first-order chi connectivity index (χ1) is 9.69. The van der Waals surface area contributed by atoms with Gasteiger partial charge in [0.25, 0.3) is 0 Å². The summed E-state index contributed by atoms with van der Waals surface area (Å²) in [5, 5.41) is 0. The molecule has 0 aromatic heterocycles. The fourth-order valence-electron chi connectivity index (χ4n) is 1.97. The van der Waals surface area contributed by atoms with Crippen LogP contribution in [0.2, 0.25) is 0 Å². The van der Waals surface area contributed by atoms with Crippen molar-refractivity contribution in [3.63, 3.8) is 0 Å². The molecule has 0 aliphatic carbocycles. The van der Waals surface area contributed by atoms with Crippen LogP contribution in [-0.2, 0) is 19.1 Å². The molecule has 0 unspecified atom stereocenters. The third-order valence-electron chi connectivity index (χ3n) is 2.95. The van der Waals surface area contributed by atoms with Gasteiger partial charge in [0, 0.05) is 13.1 Å². The Kier molecular flexibility index (Phi) is 5.83. The van der Waals surface area contributed by atoms with E-state index in [9.17, 15) is 14.4 Å². The summed E-state index contributed by atoms with van der Waals surface area (Å²) in [6.45, 7) is 5.77. The summed E-state index contributed by atoms with van der Waals surface area (Å²) < 4.78 is 9.98. The SMILES string of the molecule is COC(=O)[C@@H]1CN(C(=O)CCl)CCN1C(=O)OC(C)(C)C. The zero-order valence-electron chi connectivity index (χ0n) is 12.7. The number of amides is 2. The number of ether oxygens (including phenoxy) is 2. The van der Waals surface area contributed by atoms with Crippen molar-refractivity contribution in [1.29, 1.82) is 0 Å². The van der Waals surface area contributed by atoms with Gasteiger partial charge in [-0.25, -0.2) is 9.59 Å². The maximum Gasteiger partial charge on any atom is 0.411 e. The maximum atomic E-state index is 12.2. The summed E-state index contributed by atoms with van der Waals surface area (Å²) in [5.74, 6) is -1.04. The lowest BCUT2D eigenvalue weighted by atomic mass is 10.1. The van der Waals surface area contributed by atoms with E-state index in [-0.39, 0.29) is 24.9 Å². The highest BCUT2D eigenvalue weighted by Crippen LogP contribution is 2.17. The average molecular weight is 321 g/mol. The number of hydrogen-bond donors (Lipinski definition) is 0. The van der Waals surface area contributed by atoms with Crippen molar-refractivity contribution < 1.29 is 23.9 Å². The molecule has 0 aromatic carbocycles. The van der Waals surface area contributed by atoms with Crippen LogP contribution in [0, 0.1) is 0 Å². The molecular formula is C13H21ClN2O5. The molecule has 0 N–H and O–H groups in total. The molecular weight excluding hydrogens is 300 g/mol. The standard InChI is InChI=1S/C13H21ClN2O5/c1-13(2,3)21-12(19)16-6-5-15(10(17)7-14)8-9(16)11(18)20-4/h9H,5-8H2,1-4H3/t9-/m0/s1. The summed E-state index contributed by atoms with van der Waals surface area (Å²) in [5.41, 5.74) is -0.666. The normalized spacial score (nSPS) is 19.2. The van der Waals surface area contributed by atoms with Gasteiger partial charge in [-0.3, -0.25) is 9.69 Å². The molecule has 0 spiro atoms. The number of carbonyl (C=O) groups excluding carboxylic acids is 3. The maximum absolute atomic E-state index is 12.2. The average Bonchev–Trinajstić information content (AvgIpc) is 2.43. The second kappa shape index (κ2) is 6.98. The smallest absolute Gasteiger partial charge is 0.411 e. The first kappa shape index (κ1) is 17.6. The van der Waals surface area contributed by atoms with Gasteiger partial charge >= 0.3 is 12.1 Å². The second-order valence-corrected chi connectivity index (χ2v) is 5.95. The van der Waals surface area contributed by atoms with Crippen molar-refractivity contribution in [1.82, 2.24) is 9.80 Å². The van der Waals surface area contributed by atoms with Crippen LogP contribution in [0.15, 0.2) is 0 Å². The molecule has 1 aliphatic rings. The lowest BCUT2D eigenvalue weighted by Gasteiger charge is -2.39. The largest absolute Gasteiger partial charge is 0.467 e. The molecule has 0 aromatic rings. The van der Waals surface area contributed by atoms with Crippen LogP contribution in [0.3, 0.4) is 0 Å². The molecule has 1 aliphatic heterocycles. The van der Waals surface area contributed by atoms with Crippen LogP contribution < -0.4 is 0 Å². The fourth-order valence-corrected chi connectivity index (χ4v) is 2.14. The summed E-state index contributed by atoms with van der Waals surface area (Å²) >= 11 is 5.52. The van der Waals surface area contributed by atoms with Gasteiger partial charge in [-0.05, 0) is 20.8 Å². The van der Waals surface area contributed by atoms with E-state index in [1.54, 1.807) is 20.8 Å². The Morgan fingerprint density at radius 3 is 2.33 bits per heavy atom. The van der Waals surface area contributed by atoms with E-state index in [0.717, 1.165) is 0 Å².